The van der Waals surface area contributed by atoms with Crippen molar-refractivity contribution in [3.8, 4) is 11.8 Å². The van der Waals surface area contributed by atoms with Gasteiger partial charge in [0.25, 0.3) is 5.91 Å². The van der Waals surface area contributed by atoms with Crippen LogP contribution in [0.4, 0.5) is 0 Å². The van der Waals surface area contributed by atoms with Gasteiger partial charge in [0.05, 0.1) is 5.92 Å². The number of piperidine rings is 1. The Balaban J connectivity index is 1.19. The van der Waals surface area contributed by atoms with E-state index in [-0.39, 0.29) is 35.4 Å². The molecule has 0 radical (unpaired) electrons. The van der Waals surface area contributed by atoms with Gasteiger partial charge in [-0.15, -0.1) is 0 Å². The van der Waals surface area contributed by atoms with Gasteiger partial charge in [0, 0.05) is 49.6 Å². The van der Waals surface area contributed by atoms with Crippen molar-refractivity contribution in [1.82, 2.24) is 9.80 Å². The molecule has 2 aliphatic heterocycles. The van der Waals surface area contributed by atoms with Crippen LogP contribution in [-0.4, -0.2) is 53.6 Å². The summed E-state index contributed by atoms with van der Waals surface area (Å²) >= 11 is 0. The summed E-state index contributed by atoms with van der Waals surface area (Å²) in [5.41, 5.74) is 2.48. The Kier molecular flexibility index (Phi) is 5.30. The van der Waals surface area contributed by atoms with Crippen LogP contribution in [-0.2, 0) is 9.59 Å². The molecular weight excluding hydrogens is 400 g/mol. The van der Waals surface area contributed by atoms with E-state index >= 15 is 0 Å². The standard InChI is InChI=1S/C27H26N2O3/c30-24-18-23(21-8-4-5-9-22(21)24)26(32)29-17-14-27(19-29)12-15-28(16-13-27)25(31)11-10-20-6-2-1-3-7-20/h1-9,23H,12-19H2. The van der Waals surface area contributed by atoms with Gasteiger partial charge < -0.3 is 9.80 Å². The molecule has 2 saturated heterocycles. The summed E-state index contributed by atoms with van der Waals surface area (Å²) in [6.07, 6.45) is 3.01. The maximum atomic E-state index is 13.3. The lowest BCUT2D eigenvalue weighted by Crippen LogP contribution is -2.44. The first-order valence-electron chi connectivity index (χ1n) is 11.3. The number of fused-ring (bicyclic) bond motifs is 1. The third-order valence-corrected chi connectivity index (χ3v) is 7.27. The van der Waals surface area contributed by atoms with Crippen molar-refractivity contribution < 1.29 is 14.4 Å². The van der Waals surface area contributed by atoms with Crippen molar-refractivity contribution >= 4 is 17.6 Å². The van der Waals surface area contributed by atoms with Gasteiger partial charge in [0.1, 0.15) is 0 Å². The van der Waals surface area contributed by atoms with Crippen molar-refractivity contribution in [1.29, 1.82) is 0 Å². The van der Waals surface area contributed by atoms with E-state index in [9.17, 15) is 14.4 Å². The minimum atomic E-state index is -0.344. The molecule has 1 atom stereocenters. The molecule has 1 unspecified atom stereocenters. The topological polar surface area (TPSA) is 57.7 Å². The Morgan fingerprint density at radius 2 is 1.53 bits per heavy atom. The number of ketones is 1. The van der Waals surface area contributed by atoms with Gasteiger partial charge in [-0.2, -0.15) is 0 Å². The largest absolute Gasteiger partial charge is 0.342 e. The lowest BCUT2D eigenvalue weighted by molar-refractivity contribution is -0.133. The fourth-order valence-corrected chi connectivity index (χ4v) is 5.34. The van der Waals surface area contributed by atoms with Crippen LogP contribution >= 0.6 is 0 Å². The Morgan fingerprint density at radius 1 is 0.875 bits per heavy atom. The highest BCUT2D eigenvalue weighted by molar-refractivity contribution is 6.06. The Bertz CT molecular complexity index is 1120. The van der Waals surface area contributed by atoms with E-state index in [4.69, 9.17) is 0 Å². The van der Waals surface area contributed by atoms with Gasteiger partial charge in [0.2, 0.25) is 5.91 Å². The number of amides is 2. The zero-order valence-corrected chi connectivity index (χ0v) is 18.0. The molecule has 3 aliphatic rings. The third kappa shape index (κ3) is 3.82. The molecule has 162 valence electrons. The fourth-order valence-electron chi connectivity index (χ4n) is 5.34. The summed E-state index contributed by atoms with van der Waals surface area (Å²) in [6.45, 7) is 2.80. The molecule has 0 bridgehead atoms. The molecule has 2 aromatic carbocycles. The second-order valence-corrected chi connectivity index (χ2v) is 9.19. The van der Waals surface area contributed by atoms with Crippen LogP contribution in [0.25, 0.3) is 0 Å². The minimum Gasteiger partial charge on any atom is -0.342 e. The molecule has 0 aromatic heterocycles. The maximum Gasteiger partial charge on any atom is 0.298 e. The molecule has 0 N–H and O–H groups in total. The normalized spacial score (nSPS) is 21.2. The second-order valence-electron chi connectivity index (χ2n) is 9.19. The molecule has 5 nitrogen and oxygen atoms in total. The smallest absolute Gasteiger partial charge is 0.298 e. The lowest BCUT2D eigenvalue weighted by atomic mass is 9.77. The van der Waals surface area contributed by atoms with Crippen molar-refractivity contribution in [2.24, 2.45) is 5.41 Å². The third-order valence-electron chi connectivity index (χ3n) is 7.27. The number of hydrogen-bond donors (Lipinski definition) is 0. The fraction of sp³-hybridized carbons (Fsp3) is 0.370. The van der Waals surface area contributed by atoms with Crippen molar-refractivity contribution in [3.63, 3.8) is 0 Å². The van der Waals surface area contributed by atoms with Crippen LogP contribution in [0.15, 0.2) is 54.6 Å². The minimum absolute atomic E-state index is 0.0660. The number of rotatable bonds is 1. The maximum absolute atomic E-state index is 13.3. The van der Waals surface area contributed by atoms with Gasteiger partial charge in [-0.1, -0.05) is 48.4 Å². The monoisotopic (exact) mass is 426 g/mol. The molecule has 2 fully saturated rings. The number of hydrogen-bond acceptors (Lipinski definition) is 3. The van der Waals surface area contributed by atoms with Crippen LogP contribution in [0.5, 0.6) is 0 Å². The van der Waals surface area contributed by atoms with Crippen LogP contribution in [0.2, 0.25) is 0 Å². The number of likely N-dealkylation sites (tertiary alicyclic amines) is 2. The van der Waals surface area contributed by atoms with E-state index in [2.05, 4.69) is 11.8 Å². The van der Waals surface area contributed by atoms with E-state index in [1.54, 1.807) is 0 Å². The van der Waals surface area contributed by atoms with Gasteiger partial charge in [-0.3, -0.25) is 14.4 Å². The molecule has 5 heteroatoms. The number of Topliss-reactive ketones (excluding diaryl/α,β-unsaturated/α-hetero) is 1. The first kappa shape index (κ1) is 20.5. The van der Waals surface area contributed by atoms with Gasteiger partial charge in [-0.25, -0.2) is 0 Å². The zero-order valence-electron chi connectivity index (χ0n) is 18.0. The van der Waals surface area contributed by atoms with Gasteiger partial charge in [-0.05, 0) is 42.4 Å². The summed E-state index contributed by atoms with van der Waals surface area (Å²) in [6, 6.07) is 17.0. The number of nitrogens with zero attached hydrogens (tertiary/aromatic N) is 2. The lowest BCUT2D eigenvalue weighted by Gasteiger charge is -2.38. The SMILES string of the molecule is O=C1CC(C(=O)N2CCC3(CCN(C(=O)C#Cc4ccccc4)CC3)C2)c2ccccc21. The Morgan fingerprint density at radius 3 is 2.28 bits per heavy atom. The summed E-state index contributed by atoms with van der Waals surface area (Å²) in [5, 5.41) is 0. The first-order chi connectivity index (χ1) is 15.5. The predicted molar refractivity (Wildman–Crippen MR) is 121 cm³/mol. The summed E-state index contributed by atoms with van der Waals surface area (Å²) in [7, 11) is 0. The molecule has 2 amide bonds. The van der Waals surface area contributed by atoms with Crippen LogP contribution in [0, 0.1) is 17.3 Å². The summed E-state index contributed by atoms with van der Waals surface area (Å²) in [5.74, 6) is 5.38. The number of benzene rings is 2. The van der Waals surface area contributed by atoms with Crippen LogP contribution in [0.1, 0.15) is 53.1 Å². The van der Waals surface area contributed by atoms with Crippen LogP contribution in [0.3, 0.4) is 0 Å². The molecule has 1 spiro atoms. The number of carbonyl (C=O) groups excluding carboxylic acids is 3. The average molecular weight is 427 g/mol. The highest BCUT2D eigenvalue weighted by Gasteiger charge is 2.45. The Labute approximate surface area is 188 Å². The molecule has 32 heavy (non-hydrogen) atoms. The zero-order chi connectivity index (χ0) is 22.1. The molecule has 2 heterocycles. The van der Waals surface area contributed by atoms with Crippen molar-refractivity contribution in [2.45, 2.75) is 31.6 Å². The van der Waals surface area contributed by atoms with E-state index in [0.29, 0.717) is 18.7 Å². The van der Waals surface area contributed by atoms with E-state index in [1.807, 2.05) is 64.4 Å². The molecular formula is C27H26N2O3. The highest BCUT2D eigenvalue weighted by atomic mass is 16.2. The van der Waals surface area contributed by atoms with Crippen LogP contribution < -0.4 is 0 Å². The van der Waals surface area contributed by atoms with Crippen molar-refractivity contribution in [2.75, 3.05) is 26.2 Å². The quantitative estimate of drug-likeness (QED) is 0.658. The van der Waals surface area contributed by atoms with Crippen molar-refractivity contribution in [3.05, 3.63) is 71.3 Å². The first-order valence-corrected chi connectivity index (χ1v) is 11.3. The van der Waals surface area contributed by atoms with Gasteiger partial charge >= 0.3 is 0 Å². The average Bonchev–Trinajstić information content (AvgIpc) is 3.40. The molecule has 1 aliphatic carbocycles. The number of carbonyl (C=O) groups is 3. The summed E-state index contributed by atoms with van der Waals surface area (Å²) < 4.78 is 0. The highest BCUT2D eigenvalue weighted by Crippen LogP contribution is 2.42. The van der Waals surface area contributed by atoms with Gasteiger partial charge in [0.15, 0.2) is 5.78 Å². The molecule has 0 saturated carbocycles. The molecule has 5 rings (SSSR count). The van der Waals surface area contributed by atoms with E-state index in [0.717, 1.165) is 43.5 Å². The summed E-state index contributed by atoms with van der Waals surface area (Å²) in [4.78, 5) is 41.9. The van der Waals surface area contributed by atoms with E-state index < -0.39 is 0 Å². The second kappa shape index (κ2) is 8.27. The van der Waals surface area contributed by atoms with E-state index in [1.165, 1.54) is 0 Å². The predicted octanol–water partition coefficient (Wildman–Crippen LogP) is 3.25. The molecule has 2 aromatic rings. The Hall–Kier alpha value is -3.39.